The van der Waals surface area contributed by atoms with Crippen LogP contribution in [-0.2, 0) is 16.1 Å². The second kappa shape index (κ2) is 12.9. The van der Waals surface area contributed by atoms with Gasteiger partial charge in [0.15, 0.2) is 0 Å². The van der Waals surface area contributed by atoms with Crippen molar-refractivity contribution in [3.63, 3.8) is 0 Å². The molecule has 1 aliphatic heterocycles. The fourth-order valence-electron chi connectivity index (χ4n) is 5.16. The van der Waals surface area contributed by atoms with Crippen LogP contribution in [0.15, 0.2) is 84.9 Å². The molecule has 1 aliphatic rings. The van der Waals surface area contributed by atoms with E-state index in [-0.39, 0.29) is 24.4 Å². The Hall–Kier alpha value is -5.34. The molecule has 0 spiro atoms. The number of rotatable bonds is 8. The predicted octanol–water partition coefficient (Wildman–Crippen LogP) is 4.60. The zero-order valence-electron chi connectivity index (χ0n) is 24.0. The fraction of sp³-hybridized carbons (Fsp3) is 0.212. The highest BCUT2D eigenvalue weighted by atomic mass is 19.3. The standard InChI is InChI=1S/C33H29F2N5O4/c1-20(37-2)30(41)38-26-19-40(31(42)23-13-11-21(17-36)12-14-23)28-10-6-5-9-27(28)39(32(26)43)18-25-24-8-4-3-7-22(24)15-16-29(25)44-33(34)35/h3-16,20,26,33,37H,18-19H2,1-2H3,(H,38,41). The number of nitrogens with zero attached hydrogens (tertiary/aromatic N) is 3. The summed E-state index contributed by atoms with van der Waals surface area (Å²) in [5, 5.41) is 16.2. The average Bonchev–Trinajstić information content (AvgIpc) is 3.15. The van der Waals surface area contributed by atoms with Crippen LogP contribution in [0.5, 0.6) is 5.75 Å². The van der Waals surface area contributed by atoms with E-state index in [1.807, 2.05) is 18.2 Å². The van der Waals surface area contributed by atoms with Crippen molar-refractivity contribution in [1.29, 1.82) is 5.26 Å². The van der Waals surface area contributed by atoms with Crippen LogP contribution in [0.4, 0.5) is 20.2 Å². The highest BCUT2D eigenvalue weighted by molar-refractivity contribution is 6.13. The van der Waals surface area contributed by atoms with Gasteiger partial charge in [0.1, 0.15) is 11.8 Å². The van der Waals surface area contributed by atoms with Crippen LogP contribution in [0.3, 0.4) is 0 Å². The Balaban J connectivity index is 1.65. The lowest BCUT2D eigenvalue weighted by Crippen LogP contribution is -2.55. The first kappa shape index (κ1) is 30.1. The number of benzene rings is 4. The summed E-state index contributed by atoms with van der Waals surface area (Å²) in [7, 11) is 1.60. The second-order valence-electron chi connectivity index (χ2n) is 10.2. The molecule has 0 aromatic heterocycles. The molecule has 4 aromatic carbocycles. The first-order valence-corrected chi connectivity index (χ1v) is 13.9. The zero-order chi connectivity index (χ0) is 31.4. The van der Waals surface area contributed by atoms with Crippen molar-refractivity contribution < 1.29 is 27.9 Å². The summed E-state index contributed by atoms with van der Waals surface area (Å²) in [6, 6.07) is 23.3. The predicted molar refractivity (Wildman–Crippen MR) is 161 cm³/mol. The van der Waals surface area contributed by atoms with Crippen LogP contribution in [0.2, 0.25) is 0 Å². The molecule has 0 aliphatic carbocycles. The number of carbonyl (C=O) groups is 3. The number of amides is 3. The Kier molecular flexibility index (Phi) is 8.83. The lowest BCUT2D eigenvalue weighted by Gasteiger charge is -2.27. The molecule has 2 atom stereocenters. The summed E-state index contributed by atoms with van der Waals surface area (Å²) in [4.78, 5) is 44.1. The summed E-state index contributed by atoms with van der Waals surface area (Å²) >= 11 is 0. The molecule has 11 heteroatoms. The summed E-state index contributed by atoms with van der Waals surface area (Å²) in [6.45, 7) is -1.86. The van der Waals surface area contributed by atoms with E-state index >= 15 is 0 Å². The van der Waals surface area contributed by atoms with Gasteiger partial charge in [0.2, 0.25) is 5.91 Å². The maximum atomic E-state index is 14.3. The smallest absolute Gasteiger partial charge is 0.387 e. The Bertz CT molecular complexity index is 1760. The van der Waals surface area contributed by atoms with Crippen molar-refractivity contribution in [3.8, 4) is 11.8 Å². The van der Waals surface area contributed by atoms with Gasteiger partial charge >= 0.3 is 6.61 Å². The molecule has 224 valence electrons. The summed E-state index contributed by atoms with van der Waals surface area (Å²) < 4.78 is 31.9. The van der Waals surface area contributed by atoms with E-state index in [2.05, 4.69) is 10.6 Å². The first-order chi connectivity index (χ1) is 21.2. The van der Waals surface area contributed by atoms with Gasteiger partial charge in [-0.05, 0) is 67.2 Å². The number of hydrogen-bond acceptors (Lipinski definition) is 6. The summed E-state index contributed by atoms with van der Waals surface area (Å²) in [6.07, 6.45) is 0. The highest BCUT2D eigenvalue weighted by Crippen LogP contribution is 2.38. The quantitative estimate of drug-likeness (QED) is 0.307. The number of para-hydroxylation sites is 2. The van der Waals surface area contributed by atoms with Gasteiger partial charge in [-0.15, -0.1) is 0 Å². The molecule has 5 rings (SSSR count). The number of alkyl halides is 2. The third-order valence-electron chi connectivity index (χ3n) is 7.57. The molecule has 2 unspecified atom stereocenters. The Morgan fingerprint density at radius 2 is 1.68 bits per heavy atom. The first-order valence-electron chi connectivity index (χ1n) is 13.9. The van der Waals surface area contributed by atoms with Crippen LogP contribution in [0, 0.1) is 11.3 Å². The highest BCUT2D eigenvalue weighted by Gasteiger charge is 2.38. The summed E-state index contributed by atoms with van der Waals surface area (Å²) in [5.41, 5.74) is 1.71. The van der Waals surface area contributed by atoms with E-state index in [9.17, 15) is 28.4 Å². The minimum absolute atomic E-state index is 0.0943. The zero-order valence-corrected chi connectivity index (χ0v) is 24.0. The Morgan fingerprint density at radius 3 is 2.36 bits per heavy atom. The number of likely N-dealkylation sites (N-methyl/N-ethyl adjacent to an activating group) is 1. The Labute approximate surface area is 252 Å². The monoisotopic (exact) mass is 597 g/mol. The normalized spacial score (nSPS) is 15.4. The SMILES string of the molecule is CNC(C)C(=O)NC1CN(C(=O)c2ccc(C#N)cc2)c2ccccc2N(Cc2c(OC(F)F)ccc3ccccc23)C1=O. The van der Waals surface area contributed by atoms with Gasteiger partial charge in [-0.25, -0.2) is 0 Å². The molecule has 2 N–H and O–H groups in total. The average molecular weight is 598 g/mol. The van der Waals surface area contributed by atoms with E-state index in [0.717, 1.165) is 5.39 Å². The van der Waals surface area contributed by atoms with Crippen LogP contribution >= 0.6 is 0 Å². The summed E-state index contributed by atoms with van der Waals surface area (Å²) in [5.74, 6) is -1.55. The van der Waals surface area contributed by atoms with Crippen LogP contribution in [0.1, 0.15) is 28.4 Å². The molecule has 0 radical (unpaired) electrons. The molecular weight excluding hydrogens is 568 g/mol. The topological polar surface area (TPSA) is 115 Å². The molecular formula is C33H29F2N5O4. The lowest BCUT2D eigenvalue weighted by molar-refractivity contribution is -0.128. The third kappa shape index (κ3) is 6.07. The maximum Gasteiger partial charge on any atom is 0.387 e. The van der Waals surface area contributed by atoms with Crippen LogP contribution in [-0.4, -0.2) is 50.0 Å². The molecule has 0 bridgehead atoms. The van der Waals surface area contributed by atoms with Crippen molar-refractivity contribution in [1.82, 2.24) is 10.6 Å². The minimum Gasteiger partial charge on any atom is -0.434 e. The maximum absolute atomic E-state index is 14.3. The van der Waals surface area contributed by atoms with Crippen molar-refractivity contribution in [3.05, 3.63) is 102 Å². The van der Waals surface area contributed by atoms with Crippen molar-refractivity contribution in [2.45, 2.75) is 32.2 Å². The Morgan fingerprint density at radius 1 is 1.00 bits per heavy atom. The fourth-order valence-corrected chi connectivity index (χ4v) is 5.16. The molecule has 0 fully saturated rings. The van der Waals surface area contributed by atoms with E-state index in [1.165, 1.54) is 40.1 Å². The number of hydrogen-bond donors (Lipinski definition) is 2. The van der Waals surface area contributed by atoms with E-state index in [4.69, 9.17) is 4.74 Å². The van der Waals surface area contributed by atoms with E-state index in [1.54, 1.807) is 56.4 Å². The number of nitrogens with one attached hydrogen (secondary N) is 2. The van der Waals surface area contributed by atoms with Crippen molar-refractivity contribution in [2.75, 3.05) is 23.4 Å². The van der Waals surface area contributed by atoms with Gasteiger partial charge in [-0.2, -0.15) is 14.0 Å². The van der Waals surface area contributed by atoms with Crippen LogP contribution in [0.25, 0.3) is 10.8 Å². The van der Waals surface area contributed by atoms with E-state index in [0.29, 0.717) is 27.9 Å². The molecule has 44 heavy (non-hydrogen) atoms. The number of carbonyl (C=O) groups excluding carboxylic acids is 3. The van der Waals surface area contributed by atoms with Gasteiger partial charge in [-0.3, -0.25) is 14.4 Å². The molecule has 3 amide bonds. The van der Waals surface area contributed by atoms with Crippen molar-refractivity contribution >= 4 is 39.9 Å². The largest absolute Gasteiger partial charge is 0.434 e. The van der Waals surface area contributed by atoms with Gasteiger partial charge < -0.3 is 25.2 Å². The number of nitriles is 1. The van der Waals surface area contributed by atoms with Gasteiger partial charge in [0, 0.05) is 11.1 Å². The number of fused-ring (bicyclic) bond motifs is 2. The molecule has 0 saturated heterocycles. The molecule has 1 heterocycles. The van der Waals surface area contributed by atoms with Crippen molar-refractivity contribution in [2.24, 2.45) is 0 Å². The number of anilines is 2. The molecule has 9 nitrogen and oxygen atoms in total. The molecule has 4 aromatic rings. The lowest BCUT2D eigenvalue weighted by atomic mass is 10.0. The second-order valence-corrected chi connectivity index (χ2v) is 10.2. The van der Waals surface area contributed by atoms with Gasteiger partial charge in [-0.1, -0.05) is 42.5 Å². The number of ether oxygens (including phenoxy) is 1. The number of halogens is 2. The molecule has 0 saturated carbocycles. The van der Waals surface area contributed by atoms with Gasteiger partial charge in [0.05, 0.1) is 42.1 Å². The van der Waals surface area contributed by atoms with E-state index < -0.39 is 36.4 Å². The third-order valence-corrected chi connectivity index (χ3v) is 7.57. The van der Waals surface area contributed by atoms with Gasteiger partial charge in [0.25, 0.3) is 11.8 Å². The minimum atomic E-state index is -3.10. The van der Waals surface area contributed by atoms with Crippen LogP contribution < -0.4 is 25.2 Å².